The molecule has 0 aromatic heterocycles. The summed E-state index contributed by atoms with van der Waals surface area (Å²) < 4.78 is 4.94. The number of carbonyl (C=O) groups is 1. The molecule has 0 radical (unpaired) electrons. The summed E-state index contributed by atoms with van der Waals surface area (Å²) in [5.41, 5.74) is 1.34. The highest BCUT2D eigenvalue weighted by Gasteiger charge is 1.98. The maximum absolute atomic E-state index is 10.6. The van der Waals surface area contributed by atoms with Crippen molar-refractivity contribution in [3.05, 3.63) is 23.8 Å². The summed E-state index contributed by atoms with van der Waals surface area (Å²) >= 11 is 0. The molecule has 0 fully saturated rings. The molecular formula is C12H20O2. The van der Waals surface area contributed by atoms with Crippen molar-refractivity contribution in [2.24, 2.45) is 0 Å². The molecule has 1 atom stereocenters. The van der Waals surface area contributed by atoms with Crippen LogP contribution in [0.5, 0.6) is 0 Å². The van der Waals surface area contributed by atoms with Crippen LogP contribution in [0.4, 0.5) is 0 Å². The SMILES string of the molecule is CC(=O)OC(C)/C=C\CCC=C(C)C. The van der Waals surface area contributed by atoms with Gasteiger partial charge in [0.1, 0.15) is 6.10 Å². The van der Waals surface area contributed by atoms with Gasteiger partial charge in [-0.15, -0.1) is 0 Å². The Morgan fingerprint density at radius 2 is 1.93 bits per heavy atom. The number of allylic oxidation sites excluding steroid dienone is 3. The summed E-state index contributed by atoms with van der Waals surface area (Å²) in [6.07, 6.45) is 8.09. The van der Waals surface area contributed by atoms with E-state index in [1.807, 2.05) is 19.1 Å². The highest BCUT2D eigenvalue weighted by atomic mass is 16.5. The second kappa shape index (κ2) is 7.36. The molecule has 0 aromatic carbocycles. The van der Waals surface area contributed by atoms with Crippen LogP contribution in [0.1, 0.15) is 40.5 Å². The van der Waals surface area contributed by atoms with E-state index >= 15 is 0 Å². The van der Waals surface area contributed by atoms with Gasteiger partial charge in [0, 0.05) is 6.92 Å². The number of unbranched alkanes of at least 4 members (excludes halogenated alkanes) is 1. The number of carbonyl (C=O) groups excluding carboxylic acids is 1. The van der Waals surface area contributed by atoms with Crippen LogP contribution in [0, 0.1) is 0 Å². The van der Waals surface area contributed by atoms with Crippen molar-refractivity contribution in [2.45, 2.75) is 46.6 Å². The average Bonchev–Trinajstić information content (AvgIpc) is 2.01. The normalized spacial score (nSPS) is 12.6. The Kier molecular flexibility index (Phi) is 6.81. The van der Waals surface area contributed by atoms with E-state index in [9.17, 15) is 4.79 Å². The molecule has 0 saturated carbocycles. The molecule has 0 aliphatic carbocycles. The van der Waals surface area contributed by atoms with Gasteiger partial charge >= 0.3 is 5.97 Å². The molecule has 2 heteroatoms. The summed E-state index contributed by atoms with van der Waals surface area (Å²) in [5.74, 6) is -0.230. The van der Waals surface area contributed by atoms with E-state index in [1.54, 1.807) is 0 Å². The Balaban J connectivity index is 3.62. The van der Waals surface area contributed by atoms with Crippen LogP contribution in [0.25, 0.3) is 0 Å². The third kappa shape index (κ3) is 9.04. The topological polar surface area (TPSA) is 26.3 Å². The van der Waals surface area contributed by atoms with Crippen LogP contribution in [-0.4, -0.2) is 12.1 Å². The van der Waals surface area contributed by atoms with Gasteiger partial charge in [-0.05, 0) is 39.7 Å². The fourth-order valence-corrected chi connectivity index (χ4v) is 1.06. The predicted octanol–water partition coefficient (Wildman–Crippen LogP) is 3.24. The van der Waals surface area contributed by atoms with Crippen LogP contribution in [0.15, 0.2) is 23.8 Å². The summed E-state index contributed by atoms with van der Waals surface area (Å²) in [7, 11) is 0. The Hall–Kier alpha value is -1.05. The molecule has 14 heavy (non-hydrogen) atoms. The van der Waals surface area contributed by atoms with E-state index < -0.39 is 0 Å². The molecular weight excluding hydrogens is 176 g/mol. The quantitative estimate of drug-likeness (QED) is 0.383. The Morgan fingerprint density at radius 3 is 2.43 bits per heavy atom. The molecule has 1 unspecified atom stereocenters. The van der Waals surface area contributed by atoms with Crippen molar-refractivity contribution in [2.75, 3.05) is 0 Å². The summed E-state index contributed by atoms with van der Waals surface area (Å²) in [6, 6.07) is 0. The van der Waals surface area contributed by atoms with Gasteiger partial charge < -0.3 is 4.74 Å². The van der Waals surface area contributed by atoms with Crippen LogP contribution < -0.4 is 0 Å². The Morgan fingerprint density at radius 1 is 1.29 bits per heavy atom. The second-order valence-electron chi connectivity index (χ2n) is 3.60. The fraction of sp³-hybridized carbons (Fsp3) is 0.583. The Bertz CT molecular complexity index is 222. The first-order valence-corrected chi connectivity index (χ1v) is 4.99. The molecule has 0 aliphatic rings. The first kappa shape index (κ1) is 12.9. The van der Waals surface area contributed by atoms with Crippen molar-refractivity contribution in [1.29, 1.82) is 0 Å². The van der Waals surface area contributed by atoms with Gasteiger partial charge in [0.2, 0.25) is 0 Å². The van der Waals surface area contributed by atoms with Gasteiger partial charge in [-0.25, -0.2) is 0 Å². The average molecular weight is 196 g/mol. The summed E-state index contributed by atoms with van der Waals surface area (Å²) in [5, 5.41) is 0. The number of hydrogen-bond acceptors (Lipinski definition) is 2. The highest BCUT2D eigenvalue weighted by Crippen LogP contribution is 2.00. The van der Waals surface area contributed by atoms with Crippen LogP contribution >= 0.6 is 0 Å². The van der Waals surface area contributed by atoms with Gasteiger partial charge in [0.05, 0.1) is 0 Å². The van der Waals surface area contributed by atoms with Gasteiger partial charge in [-0.3, -0.25) is 4.79 Å². The zero-order valence-corrected chi connectivity index (χ0v) is 9.54. The van der Waals surface area contributed by atoms with E-state index in [-0.39, 0.29) is 12.1 Å². The Labute approximate surface area is 86.6 Å². The van der Waals surface area contributed by atoms with E-state index in [4.69, 9.17) is 4.74 Å². The molecule has 80 valence electrons. The lowest BCUT2D eigenvalue weighted by atomic mass is 10.2. The number of esters is 1. The number of rotatable bonds is 5. The zero-order valence-electron chi connectivity index (χ0n) is 9.54. The van der Waals surface area contributed by atoms with Crippen LogP contribution in [0.3, 0.4) is 0 Å². The van der Waals surface area contributed by atoms with Crippen molar-refractivity contribution in [3.8, 4) is 0 Å². The number of hydrogen-bond donors (Lipinski definition) is 0. The van der Waals surface area contributed by atoms with Crippen LogP contribution in [-0.2, 0) is 9.53 Å². The molecule has 0 heterocycles. The standard InChI is InChI=1S/C12H20O2/c1-10(2)8-6-5-7-9-11(3)14-12(4)13/h7-9,11H,5-6H2,1-4H3/b9-7-. The zero-order chi connectivity index (χ0) is 11.0. The molecule has 2 nitrogen and oxygen atoms in total. The molecule has 0 N–H and O–H groups in total. The summed E-state index contributed by atoms with van der Waals surface area (Å²) in [4.78, 5) is 10.6. The smallest absolute Gasteiger partial charge is 0.303 e. The molecule has 0 aromatic rings. The van der Waals surface area contributed by atoms with Gasteiger partial charge in [-0.2, -0.15) is 0 Å². The maximum atomic E-state index is 10.6. The third-order valence-corrected chi connectivity index (χ3v) is 1.64. The first-order valence-electron chi connectivity index (χ1n) is 4.99. The molecule has 0 amide bonds. The van der Waals surface area contributed by atoms with Crippen molar-refractivity contribution in [1.82, 2.24) is 0 Å². The summed E-state index contributed by atoms with van der Waals surface area (Å²) in [6.45, 7) is 7.46. The second-order valence-corrected chi connectivity index (χ2v) is 3.60. The maximum Gasteiger partial charge on any atom is 0.303 e. The lowest BCUT2D eigenvalue weighted by Gasteiger charge is -2.05. The van der Waals surface area contributed by atoms with Crippen molar-refractivity contribution >= 4 is 5.97 Å². The largest absolute Gasteiger partial charge is 0.459 e. The molecule has 0 spiro atoms. The number of ether oxygens (including phenoxy) is 1. The van der Waals surface area contributed by atoms with E-state index in [0.29, 0.717) is 0 Å². The predicted molar refractivity (Wildman–Crippen MR) is 59.0 cm³/mol. The van der Waals surface area contributed by atoms with E-state index in [2.05, 4.69) is 19.9 Å². The minimum Gasteiger partial charge on any atom is -0.459 e. The minimum atomic E-state index is -0.230. The molecule has 0 rings (SSSR count). The molecule has 0 bridgehead atoms. The van der Waals surface area contributed by atoms with Crippen molar-refractivity contribution in [3.63, 3.8) is 0 Å². The first-order chi connectivity index (χ1) is 6.52. The highest BCUT2D eigenvalue weighted by molar-refractivity contribution is 5.66. The third-order valence-electron chi connectivity index (χ3n) is 1.64. The monoisotopic (exact) mass is 196 g/mol. The lowest BCUT2D eigenvalue weighted by Crippen LogP contribution is -2.08. The van der Waals surface area contributed by atoms with Crippen molar-refractivity contribution < 1.29 is 9.53 Å². The fourth-order valence-electron chi connectivity index (χ4n) is 1.06. The van der Waals surface area contributed by atoms with Gasteiger partial charge in [-0.1, -0.05) is 17.7 Å². The van der Waals surface area contributed by atoms with E-state index in [0.717, 1.165) is 12.8 Å². The van der Waals surface area contributed by atoms with E-state index in [1.165, 1.54) is 12.5 Å². The lowest BCUT2D eigenvalue weighted by molar-refractivity contribution is -0.143. The molecule has 0 aliphatic heterocycles. The van der Waals surface area contributed by atoms with Crippen LogP contribution in [0.2, 0.25) is 0 Å². The van der Waals surface area contributed by atoms with Gasteiger partial charge in [0.25, 0.3) is 0 Å². The van der Waals surface area contributed by atoms with Gasteiger partial charge in [0.15, 0.2) is 0 Å². The minimum absolute atomic E-state index is 0.112. The molecule has 0 saturated heterocycles.